The summed E-state index contributed by atoms with van der Waals surface area (Å²) < 4.78 is 9.82. The third-order valence-corrected chi connectivity index (χ3v) is 5.29. The molecule has 0 bridgehead atoms. The summed E-state index contributed by atoms with van der Waals surface area (Å²) in [6.07, 6.45) is 5.67. The van der Waals surface area contributed by atoms with E-state index >= 15 is 0 Å². The highest BCUT2D eigenvalue weighted by Crippen LogP contribution is 2.35. The summed E-state index contributed by atoms with van der Waals surface area (Å²) in [6.45, 7) is 2.03. The van der Waals surface area contributed by atoms with E-state index in [4.69, 9.17) is 4.74 Å². The third-order valence-electron chi connectivity index (χ3n) is 4.79. The Morgan fingerprint density at radius 1 is 1.46 bits per heavy atom. The molecule has 1 amide bonds. The summed E-state index contributed by atoms with van der Waals surface area (Å²) in [6, 6.07) is 4.06. The summed E-state index contributed by atoms with van der Waals surface area (Å²) in [4.78, 5) is 18.7. The molecule has 2 fully saturated rings. The smallest absolute Gasteiger partial charge is 0.275 e. The van der Waals surface area contributed by atoms with Gasteiger partial charge in [0, 0.05) is 36.8 Å². The molecule has 0 aromatic carbocycles. The number of fused-ring (bicyclic) bond motifs is 1. The van der Waals surface area contributed by atoms with E-state index in [1.807, 2.05) is 23.2 Å². The first-order valence-electron chi connectivity index (χ1n) is 8.16. The van der Waals surface area contributed by atoms with Crippen molar-refractivity contribution >= 4 is 23.1 Å². The number of aromatic nitrogens is 3. The van der Waals surface area contributed by atoms with Crippen molar-refractivity contribution in [2.45, 2.75) is 25.0 Å². The molecular formula is C16H19N5O2S. The van der Waals surface area contributed by atoms with Gasteiger partial charge in [-0.2, -0.15) is 0 Å². The lowest BCUT2D eigenvalue weighted by atomic mass is 10.0. The zero-order valence-corrected chi connectivity index (χ0v) is 14.0. The summed E-state index contributed by atoms with van der Waals surface area (Å²) in [7, 11) is 0. The first kappa shape index (κ1) is 15.5. The van der Waals surface area contributed by atoms with Gasteiger partial charge in [-0.05, 0) is 36.5 Å². The summed E-state index contributed by atoms with van der Waals surface area (Å²) in [5.74, 6) is 0.363. The van der Waals surface area contributed by atoms with Gasteiger partial charge in [-0.25, -0.2) is 0 Å². The number of ether oxygens (including phenoxy) is 1. The second-order valence-electron chi connectivity index (χ2n) is 6.15. The quantitative estimate of drug-likeness (QED) is 0.908. The fourth-order valence-electron chi connectivity index (χ4n) is 3.65. The van der Waals surface area contributed by atoms with Gasteiger partial charge in [0.05, 0.1) is 24.4 Å². The lowest BCUT2D eigenvalue weighted by molar-refractivity contribution is -0.0603. The maximum atomic E-state index is 12.6. The largest absolute Gasteiger partial charge is 0.383 e. The van der Waals surface area contributed by atoms with Crippen LogP contribution in [0.1, 0.15) is 23.3 Å². The number of morpholine rings is 1. The summed E-state index contributed by atoms with van der Waals surface area (Å²) in [5.41, 5.74) is 1.45. The van der Waals surface area contributed by atoms with Crippen molar-refractivity contribution in [3.05, 3.63) is 35.6 Å². The van der Waals surface area contributed by atoms with Crippen molar-refractivity contribution in [2.24, 2.45) is 5.92 Å². The van der Waals surface area contributed by atoms with Crippen molar-refractivity contribution in [2.75, 3.05) is 25.0 Å². The monoisotopic (exact) mass is 345 g/mol. The maximum Gasteiger partial charge on any atom is 0.275 e. The number of carbonyl (C=O) groups is 1. The van der Waals surface area contributed by atoms with Crippen molar-refractivity contribution in [3.8, 4) is 0 Å². The highest BCUT2D eigenvalue weighted by molar-refractivity contribution is 7.03. The van der Waals surface area contributed by atoms with Gasteiger partial charge >= 0.3 is 0 Å². The molecule has 3 atom stereocenters. The number of nitrogens with zero attached hydrogens (tertiary/aromatic N) is 4. The SMILES string of the molecule is O=C(c1csnn1)N1CCO[C@@H]2[C@@H](CNc3cccnc3)CC[C@H]21. The van der Waals surface area contributed by atoms with E-state index in [1.54, 1.807) is 11.6 Å². The Labute approximate surface area is 144 Å². The zero-order chi connectivity index (χ0) is 16.4. The fraction of sp³-hybridized carbons (Fsp3) is 0.500. The van der Waals surface area contributed by atoms with Crippen LogP contribution in [0.25, 0.3) is 0 Å². The summed E-state index contributed by atoms with van der Waals surface area (Å²) >= 11 is 1.21. The Kier molecular flexibility index (Phi) is 4.40. The Morgan fingerprint density at radius 3 is 3.21 bits per heavy atom. The highest BCUT2D eigenvalue weighted by Gasteiger charge is 2.44. The molecule has 24 heavy (non-hydrogen) atoms. The molecule has 2 aliphatic rings. The van der Waals surface area contributed by atoms with Crippen LogP contribution in [0.3, 0.4) is 0 Å². The highest BCUT2D eigenvalue weighted by atomic mass is 32.1. The van der Waals surface area contributed by atoms with Gasteiger partial charge in [-0.15, -0.1) is 5.10 Å². The Balaban J connectivity index is 1.42. The van der Waals surface area contributed by atoms with E-state index in [2.05, 4.69) is 19.9 Å². The fourth-order valence-corrected chi connectivity index (χ4v) is 4.08. The number of amides is 1. The van der Waals surface area contributed by atoms with E-state index in [-0.39, 0.29) is 18.1 Å². The predicted molar refractivity (Wildman–Crippen MR) is 89.9 cm³/mol. The van der Waals surface area contributed by atoms with Crippen LogP contribution in [0.2, 0.25) is 0 Å². The van der Waals surface area contributed by atoms with Gasteiger partial charge in [0.15, 0.2) is 5.69 Å². The number of hydrogen-bond acceptors (Lipinski definition) is 7. The lowest BCUT2D eigenvalue weighted by Gasteiger charge is -2.39. The molecule has 0 radical (unpaired) electrons. The normalized spacial score (nSPS) is 26.2. The van der Waals surface area contributed by atoms with Gasteiger partial charge in [0.1, 0.15) is 0 Å². The molecule has 4 rings (SSSR count). The molecular weight excluding hydrogens is 326 g/mol. The minimum Gasteiger partial charge on any atom is -0.383 e. The van der Waals surface area contributed by atoms with Crippen LogP contribution >= 0.6 is 11.5 Å². The molecule has 1 N–H and O–H groups in total. The number of anilines is 1. The van der Waals surface area contributed by atoms with Crippen LogP contribution in [-0.4, -0.2) is 57.2 Å². The topological polar surface area (TPSA) is 80.2 Å². The van der Waals surface area contributed by atoms with Gasteiger partial charge in [0.25, 0.3) is 5.91 Å². The van der Waals surface area contributed by atoms with E-state index in [0.29, 0.717) is 24.8 Å². The van der Waals surface area contributed by atoms with Crippen LogP contribution in [0, 0.1) is 5.92 Å². The first-order chi connectivity index (χ1) is 11.8. The number of pyridine rings is 1. The predicted octanol–water partition coefficient (Wildman–Crippen LogP) is 1.66. The Bertz CT molecular complexity index is 681. The van der Waals surface area contributed by atoms with E-state index in [1.165, 1.54) is 11.5 Å². The average Bonchev–Trinajstić information content (AvgIpc) is 3.30. The molecule has 126 valence electrons. The van der Waals surface area contributed by atoms with Crippen molar-refractivity contribution in [3.63, 3.8) is 0 Å². The van der Waals surface area contributed by atoms with Crippen LogP contribution in [0.15, 0.2) is 29.9 Å². The van der Waals surface area contributed by atoms with Crippen molar-refractivity contribution in [1.82, 2.24) is 19.5 Å². The van der Waals surface area contributed by atoms with Gasteiger partial charge < -0.3 is 15.0 Å². The van der Waals surface area contributed by atoms with Crippen LogP contribution in [0.4, 0.5) is 5.69 Å². The first-order valence-corrected chi connectivity index (χ1v) is 9.00. The van der Waals surface area contributed by atoms with E-state index < -0.39 is 0 Å². The van der Waals surface area contributed by atoms with E-state index in [0.717, 1.165) is 25.1 Å². The standard InChI is InChI=1S/C16H19N5O2S/c22-16(13-10-24-20-19-13)21-6-7-23-15-11(3-4-14(15)21)8-18-12-2-1-5-17-9-12/h1-2,5,9-11,14-15,18H,3-4,6-8H2/t11-,14-,15-/m1/s1. The second kappa shape index (κ2) is 6.82. The molecule has 1 aliphatic carbocycles. The molecule has 2 aromatic rings. The molecule has 1 saturated carbocycles. The number of hydrogen-bond donors (Lipinski definition) is 1. The minimum atomic E-state index is -0.0251. The number of rotatable bonds is 4. The number of carbonyl (C=O) groups excluding carboxylic acids is 1. The molecule has 8 heteroatoms. The van der Waals surface area contributed by atoms with Crippen LogP contribution < -0.4 is 5.32 Å². The Hall–Kier alpha value is -2.06. The molecule has 1 aliphatic heterocycles. The van der Waals surface area contributed by atoms with Crippen molar-refractivity contribution < 1.29 is 9.53 Å². The minimum absolute atomic E-state index is 0.0251. The van der Waals surface area contributed by atoms with Gasteiger partial charge in [0.2, 0.25) is 0 Å². The van der Waals surface area contributed by atoms with Gasteiger partial charge in [-0.3, -0.25) is 9.78 Å². The summed E-state index contributed by atoms with van der Waals surface area (Å²) in [5, 5.41) is 9.05. The van der Waals surface area contributed by atoms with Crippen molar-refractivity contribution in [1.29, 1.82) is 0 Å². The molecule has 0 unspecified atom stereocenters. The average molecular weight is 345 g/mol. The third kappa shape index (κ3) is 2.99. The molecule has 1 saturated heterocycles. The van der Waals surface area contributed by atoms with E-state index in [9.17, 15) is 4.79 Å². The lowest BCUT2D eigenvalue weighted by Crippen LogP contribution is -2.53. The molecule has 3 heterocycles. The van der Waals surface area contributed by atoms with Gasteiger partial charge in [-0.1, -0.05) is 4.49 Å². The van der Waals surface area contributed by atoms with Crippen LogP contribution in [-0.2, 0) is 4.74 Å². The molecule has 7 nitrogen and oxygen atoms in total. The Morgan fingerprint density at radius 2 is 2.42 bits per heavy atom. The second-order valence-corrected chi connectivity index (χ2v) is 6.76. The number of nitrogens with one attached hydrogen (secondary N) is 1. The maximum absolute atomic E-state index is 12.6. The molecule has 2 aromatic heterocycles. The van der Waals surface area contributed by atoms with Crippen LogP contribution in [0.5, 0.6) is 0 Å². The molecule has 0 spiro atoms. The zero-order valence-electron chi connectivity index (χ0n) is 13.2.